The summed E-state index contributed by atoms with van der Waals surface area (Å²) in [7, 11) is 0. The molecule has 1 aliphatic heterocycles. The number of aliphatic hydroxyl groups excluding tert-OH is 6. The third-order valence-electron chi connectivity index (χ3n) is 15.8. The molecule has 0 aromatic heterocycles. The molecular weight excluding hydrogens is 632 g/mol. The smallest absolute Gasteiger partial charge is 0.302 e. The van der Waals surface area contributed by atoms with Gasteiger partial charge < -0.3 is 50.0 Å². The van der Waals surface area contributed by atoms with Gasteiger partial charge in [-0.1, -0.05) is 34.6 Å². The first-order valence-electron chi connectivity index (χ1n) is 18.8. The number of hydrogen-bond acceptors (Lipinski definition) is 11. The van der Waals surface area contributed by atoms with Crippen LogP contribution in [0.4, 0.5) is 0 Å². The van der Waals surface area contributed by atoms with Crippen LogP contribution in [0.15, 0.2) is 0 Å². The Kier molecular flexibility index (Phi) is 9.53. The fraction of sp³-hybridized carbons (Fsp3) is 0.974. The zero-order valence-corrected chi connectivity index (χ0v) is 30.8. The molecule has 7 N–H and O–H groups in total. The lowest BCUT2D eigenvalue weighted by molar-refractivity contribution is -0.329. The molecule has 49 heavy (non-hydrogen) atoms. The lowest BCUT2D eigenvalue weighted by Gasteiger charge is -2.64. The molecular formula is C38H64O11. The summed E-state index contributed by atoms with van der Waals surface area (Å²) in [6.45, 7) is 15.4. The Balaban J connectivity index is 1.26. The summed E-state index contributed by atoms with van der Waals surface area (Å²) in [5, 5.41) is 74.4. The largest absolute Gasteiger partial charge is 0.462 e. The second-order valence-corrected chi connectivity index (χ2v) is 18.9. The number of aliphatic hydroxyl groups is 7. The Hall–Kier alpha value is -0.890. The van der Waals surface area contributed by atoms with Crippen LogP contribution >= 0.6 is 0 Å². The Bertz CT molecular complexity index is 1250. The summed E-state index contributed by atoms with van der Waals surface area (Å²) in [6.07, 6.45) is -1.69. The highest BCUT2D eigenvalue weighted by Crippen LogP contribution is 2.89. The van der Waals surface area contributed by atoms with E-state index in [2.05, 4.69) is 34.6 Å². The van der Waals surface area contributed by atoms with Gasteiger partial charge in [-0.15, -0.1) is 0 Å². The quantitative estimate of drug-likeness (QED) is 0.139. The Morgan fingerprint density at radius 3 is 2.24 bits per heavy atom. The van der Waals surface area contributed by atoms with E-state index in [1.807, 2.05) is 0 Å². The van der Waals surface area contributed by atoms with Gasteiger partial charge in [-0.05, 0) is 116 Å². The summed E-state index contributed by atoms with van der Waals surface area (Å²) in [5.41, 5.74) is -2.06. The highest BCUT2D eigenvalue weighted by molar-refractivity contribution is 5.66. The van der Waals surface area contributed by atoms with Gasteiger partial charge in [0.2, 0.25) is 0 Å². The van der Waals surface area contributed by atoms with E-state index in [1.54, 1.807) is 13.8 Å². The molecule has 5 saturated carbocycles. The maximum atomic E-state index is 12.5. The van der Waals surface area contributed by atoms with Gasteiger partial charge in [-0.25, -0.2) is 0 Å². The monoisotopic (exact) mass is 696 g/mol. The van der Waals surface area contributed by atoms with E-state index in [0.717, 1.165) is 32.1 Å². The third kappa shape index (κ3) is 5.49. The van der Waals surface area contributed by atoms with Crippen LogP contribution in [0.5, 0.6) is 0 Å². The fourth-order valence-electron chi connectivity index (χ4n) is 13.3. The van der Waals surface area contributed by atoms with E-state index in [0.29, 0.717) is 25.7 Å². The van der Waals surface area contributed by atoms with E-state index >= 15 is 0 Å². The molecule has 0 aromatic rings. The van der Waals surface area contributed by atoms with Crippen molar-refractivity contribution in [2.24, 2.45) is 50.7 Å². The minimum atomic E-state index is -1.51. The first-order chi connectivity index (χ1) is 22.6. The van der Waals surface area contributed by atoms with Crippen LogP contribution in [0, 0.1) is 50.7 Å². The van der Waals surface area contributed by atoms with Gasteiger partial charge in [0, 0.05) is 12.8 Å². The first kappa shape index (κ1) is 37.9. The summed E-state index contributed by atoms with van der Waals surface area (Å²) in [4.78, 5) is 12.5. The first-order valence-corrected chi connectivity index (χ1v) is 18.8. The molecule has 6 aliphatic rings. The second kappa shape index (κ2) is 12.3. The Labute approximate surface area is 291 Å². The van der Waals surface area contributed by atoms with Gasteiger partial charge in [-0.2, -0.15) is 0 Å². The predicted molar refractivity (Wildman–Crippen MR) is 179 cm³/mol. The van der Waals surface area contributed by atoms with E-state index in [4.69, 9.17) is 14.2 Å². The van der Waals surface area contributed by atoms with E-state index in [1.165, 1.54) is 6.92 Å². The van der Waals surface area contributed by atoms with Gasteiger partial charge in [0.25, 0.3) is 0 Å². The number of fused-ring (bicyclic) bond motifs is 2. The van der Waals surface area contributed by atoms with Crippen molar-refractivity contribution < 1.29 is 54.8 Å². The Morgan fingerprint density at radius 2 is 1.63 bits per heavy atom. The van der Waals surface area contributed by atoms with Crippen molar-refractivity contribution in [3.8, 4) is 0 Å². The molecule has 11 heteroatoms. The zero-order chi connectivity index (χ0) is 36.3. The van der Waals surface area contributed by atoms with Crippen molar-refractivity contribution in [3.05, 3.63) is 0 Å². The molecule has 17 atom stereocenters. The van der Waals surface area contributed by atoms with Crippen molar-refractivity contribution in [1.82, 2.24) is 0 Å². The van der Waals surface area contributed by atoms with Crippen molar-refractivity contribution in [2.75, 3.05) is 6.61 Å². The van der Waals surface area contributed by atoms with E-state index in [9.17, 15) is 40.5 Å². The molecule has 6 rings (SSSR count). The minimum Gasteiger partial charge on any atom is -0.462 e. The minimum absolute atomic E-state index is 0.0482. The van der Waals surface area contributed by atoms with Gasteiger partial charge in [-0.3, -0.25) is 4.79 Å². The number of carbonyl (C=O) groups is 1. The maximum Gasteiger partial charge on any atom is 0.302 e. The standard InChI is InChI=1S/C38H64O11/c1-19(9-10-25(42)34(5,6)46)27-22(47-20(2)40)16-36(8)24-15-21(41)31-33(3,4)26(49-32-30(45)29(44)28(43)23(17-39)48-32)11-12-38(31)18-37(24,38)14-13-35(27,36)7/h19,21-32,39,41-46H,9-18H2,1-8H3. The topological polar surface area (TPSA) is 186 Å². The van der Waals surface area contributed by atoms with Crippen molar-refractivity contribution in [3.63, 3.8) is 0 Å². The fourth-order valence-corrected chi connectivity index (χ4v) is 13.3. The van der Waals surface area contributed by atoms with Gasteiger partial charge >= 0.3 is 5.97 Å². The van der Waals surface area contributed by atoms with Crippen molar-refractivity contribution in [2.45, 2.75) is 174 Å². The number of hydrogen-bond donors (Lipinski definition) is 7. The average molecular weight is 697 g/mol. The van der Waals surface area contributed by atoms with Crippen LogP contribution in [0.25, 0.3) is 0 Å². The van der Waals surface area contributed by atoms with Gasteiger partial charge in [0.15, 0.2) is 6.29 Å². The predicted octanol–water partition coefficient (Wildman–Crippen LogP) is 2.67. The van der Waals surface area contributed by atoms with E-state index < -0.39 is 60.5 Å². The van der Waals surface area contributed by atoms with Crippen LogP contribution in [0.2, 0.25) is 0 Å². The molecule has 0 bridgehead atoms. The lowest BCUT2D eigenvalue weighted by atomic mass is 9.41. The molecule has 2 spiro atoms. The number of rotatable bonds is 9. The van der Waals surface area contributed by atoms with Crippen LogP contribution in [-0.2, 0) is 19.0 Å². The molecule has 1 saturated heterocycles. The molecule has 6 fully saturated rings. The van der Waals surface area contributed by atoms with Crippen molar-refractivity contribution in [1.29, 1.82) is 0 Å². The molecule has 11 nitrogen and oxygen atoms in total. The SMILES string of the molecule is CC(=O)OC1CC2(C)C3CC(O)C4C(C)(C)C(OC5OC(CO)C(O)C(O)C5O)CCC45CC35CCC2(C)C1C(C)CCC(O)C(C)(C)O. The lowest BCUT2D eigenvalue weighted by Crippen LogP contribution is -2.63. The van der Waals surface area contributed by atoms with E-state index in [-0.39, 0.29) is 63.5 Å². The highest BCUT2D eigenvalue weighted by atomic mass is 16.7. The summed E-state index contributed by atoms with van der Waals surface area (Å²) in [5.74, 6) is 0.116. The molecule has 0 radical (unpaired) electrons. The summed E-state index contributed by atoms with van der Waals surface area (Å²) >= 11 is 0. The highest BCUT2D eigenvalue weighted by Gasteiger charge is 2.84. The third-order valence-corrected chi connectivity index (χ3v) is 15.8. The van der Waals surface area contributed by atoms with Gasteiger partial charge in [0.1, 0.15) is 30.5 Å². The number of carbonyl (C=O) groups excluding carboxylic acids is 1. The molecule has 5 aliphatic carbocycles. The molecule has 17 unspecified atom stereocenters. The number of ether oxygens (including phenoxy) is 3. The summed E-state index contributed by atoms with van der Waals surface area (Å²) < 4.78 is 18.3. The molecule has 1 heterocycles. The van der Waals surface area contributed by atoms with Crippen LogP contribution < -0.4 is 0 Å². The molecule has 282 valence electrons. The van der Waals surface area contributed by atoms with Crippen molar-refractivity contribution >= 4 is 5.97 Å². The molecule has 0 aromatic carbocycles. The van der Waals surface area contributed by atoms with Crippen LogP contribution in [-0.4, -0.2) is 109 Å². The van der Waals surface area contributed by atoms with Crippen LogP contribution in [0.1, 0.15) is 113 Å². The second-order valence-electron chi connectivity index (χ2n) is 18.9. The molecule has 0 amide bonds. The average Bonchev–Trinajstić information content (AvgIpc) is 3.58. The Morgan fingerprint density at radius 1 is 0.959 bits per heavy atom. The maximum absolute atomic E-state index is 12.5. The normalized spacial score (nSPS) is 51.4. The van der Waals surface area contributed by atoms with Crippen LogP contribution in [0.3, 0.4) is 0 Å². The van der Waals surface area contributed by atoms with Gasteiger partial charge in [0.05, 0.1) is 30.5 Å². The summed E-state index contributed by atoms with van der Waals surface area (Å²) in [6, 6.07) is 0. The zero-order valence-electron chi connectivity index (χ0n) is 30.8. The number of esters is 1.